The molecule has 0 unspecified atom stereocenters. The molecule has 2 aromatic carbocycles. The van der Waals surface area contributed by atoms with Gasteiger partial charge in [-0.2, -0.15) is 0 Å². The van der Waals surface area contributed by atoms with Gasteiger partial charge in [0, 0.05) is 15.8 Å². The van der Waals surface area contributed by atoms with E-state index in [1.165, 1.54) is 28.0 Å². The second-order valence-electron chi connectivity index (χ2n) is 5.97. The van der Waals surface area contributed by atoms with Gasteiger partial charge in [0.1, 0.15) is 0 Å². The summed E-state index contributed by atoms with van der Waals surface area (Å²) in [5.74, 6) is -0.122. The molecule has 1 amide bonds. The highest BCUT2D eigenvalue weighted by Gasteiger charge is 2.15. The predicted octanol–water partition coefficient (Wildman–Crippen LogP) is 5.71. The van der Waals surface area contributed by atoms with E-state index in [1.807, 2.05) is 35.9 Å². The highest BCUT2D eigenvalue weighted by Crippen LogP contribution is 2.31. The van der Waals surface area contributed by atoms with E-state index in [-0.39, 0.29) is 5.91 Å². The lowest BCUT2D eigenvalue weighted by molar-refractivity contribution is 0.102. The number of rotatable bonds is 4. The van der Waals surface area contributed by atoms with Crippen molar-refractivity contribution >= 4 is 34.1 Å². The fourth-order valence-corrected chi connectivity index (χ4v) is 4.32. The first-order valence-electron chi connectivity index (χ1n) is 7.97. The van der Waals surface area contributed by atoms with Gasteiger partial charge in [-0.05, 0) is 50.3 Å². The predicted molar refractivity (Wildman–Crippen MR) is 108 cm³/mol. The third-order valence-electron chi connectivity index (χ3n) is 4.01. The Hall–Kier alpha value is -2.11. The van der Waals surface area contributed by atoms with E-state index < -0.39 is 0 Å². The normalized spacial score (nSPS) is 10.7. The van der Waals surface area contributed by atoms with Gasteiger partial charge >= 0.3 is 0 Å². The van der Waals surface area contributed by atoms with Crippen molar-refractivity contribution in [1.82, 2.24) is 4.98 Å². The van der Waals surface area contributed by atoms with Crippen LogP contribution in [0.5, 0.6) is 0 Å². The number of thiazole rings is 1. The SMILES string of the molecule is CSc1ccccc1C(=O)Nc1nc(-c2c(C)cc(C)cc2C)cs1. The number of amides is 1. The Labute approximate surface area is 156 Å². The van der Waals surface area contributed by atoms with Crippen molar-refractivity contribution in [3.05, 3.63) is 64.0 Å². The molecule has 1 aromatic heterocycles. The molecule has 0 bridgehead atoms. The first-order chi connectivity index (χ1) is 12.0. The van der Waals surface area contributed by atoms with Gasteiger partial charge in [-0.3, -0.25) is 10.1 Å². The summed E-state index contributed by atoms with van der Waals surface area (Å²) >= 11 is 3.02. The maximum atomic E-state index is 12.6. The van der Waals surface area contributed by atoms with Gasteiger partial charge < -0.3 is 0 Å². The molecule has 0 aliphatic rings. The van der Waals surface area contributed by atoms with E-state index >= 15 is 0 Å². The summed E-state index contributed by atoms with van der Waals surface area (Å²) in [4.78, 5) is 18.2. The molecule has 3 nitrogen and oxygen atoms in total. The number of hydrogen-bond donors (Lipinski definition) is 1. The van der Waals surface area contributed by atoms with E-state index in [1.54, 1.807) is 11.8 Å². The van der Waals surface area contributed by atoms with Crippen LogP contribution in [0.2, 0.25) is 0 Å². The molecule has 25 heavy (non-hydrogen) atoms. The zero-order valence-corrected chi connectivity index (χ0v) is 16.3. The number of anilines is 1. The van der Waals surface area contributed by atoms with Crippen molar-refractivity contribution in [2.45, 2.75) is 25.7 Å². The molecule has 0 spiro atoms. The van der Waals surface area contributed by atoms with E-state index in [4.69, 9.17) is 0 Å². The summed E-state index contributed by atoms with van der Waals surface area (Å²) in [6.07, 6.45) is 1.97. The van der Waals surface area contributed by atoms with Crippen LogP contribution in [0.4, 0.5) is 5.13 Å². The third-order valence-corrected chi connectivity index (χ3v) is 5.56. The lowest BCUT2D eigenvalue weighted by atomic mass is 9.98. The van der Waals surface area contributed by atoms with Crippen LogP contribution in [0, 0.1) is 20.8 Å². The summed E-state index contributed by atoms with van der Waals surface area (Å²) in [7, 11) is 0. The van der Waals surface area contributed by atoms with Gasteiger partial charge in [0.05, 0.1) is 11.3 Å². The molecule has 0 radical (unpaired) electrons. The lowest BCUT2D eigenvalue weighted by Gasteiger charge is -2.09. The number of nitrogens with one attached hydrogen (secondary N) is 1. The number of thioether (sulfide) groups is 1. The highest BCUT2D eigenvalue weighted by atomic mass is 32.2. The van der Waals surface area contributed by atoms with Crippen LogP contribution in [0.1, 0.15) is 27.0 Å². The number of hydrogen-bond acceptors (Lipinski definition) is 4. The van der Waals surface area contributed by atoms with Crippen molar-refractivity contribution in [2.75, 3.05) is 11.6 Å². The lowest BCUT2D eigenvalue weighted by Crippen LogP contribution is -2.12. The van der Waals surface area contributed by atoms with Gasteiger partial charge in [0.2, 0.25) is 0 Å². The number of aryl methyl sites for hydroxylation is 3. The molecule has 0 aliphatic heterocycles. The van der Waals surface area contributed by atoms with Crippen molar-refractivity contribution in [1.29, 1.82) is 0 Å². The first-order valence-corrected chi connectivity index (χ1v) is 10.1. The standard InChI is InChI=1S/C20H20N2OS2/c1-12-9-13(2)18(14(3)10-12)16-11-25-20(21-16)22-19(23)15-7-5-6-8-17(15)24-4/h5-11H,1-4H3,(H,21,22,23). The number of carbonyl (C=O) groups excluding carboxylic acids is 1. The van der Waals surface area contributed by atoms with Gasteiger partial charge in [-0.25, -0.2) is 4.98 Å². The second kappa shape index (κ2) is 7.42. The van der Waals surface area contributed by atoms with Crippen LogP contribution in [0.25, 0.3) is 11.3 Å². The Morgan fingerprint density at radius 3 is 2.48 bits per heavy atom. The molecule has 1 N–H and O–H groups in total. The molecule has 0 saturated carbocycles. The molecule has 128 valence electrons. The van der Waals surface area contributed by atoms with Gasteiger partial charge in [-0.15, -0.1) is 23.1 Å². The molecule has 0 atom stereocenters. The monoisotopic (exact) mass is 368 g/mol. The Bertz CT molecular complexity index is 908. The van der Waals surface area contributed by atoms with Crippen LogP contribution in [0.3, 0.4) is 0 Å². The molecule has 0 aliphatic carbocycles. The first kappa shape index (κ1) is 17.7. The van der Waals surface area contributed by atoms with Crippen molar-refractivity contribution < 1.29 is 4.79 Å². The zero-order chi connectivity index (χ0) is 18.0. The minimum absolute atomic E-state index is 0.122. The summed E-state index contributed by atoms with van der Waals surface area (Å²) in [6, 6.07) is 11.9. The molecule has 3 aromatic rings. The minimum atomic E-state index is -0.122. The Balaban J connectivity index is 1.87. The van der Waals surface area contributed by atoms with Crippen molar-refractivity contribution in [2.24, 2.45) is 0 Å². The Morgan fingerprint density at radius 1 is 1.12 bits per heavy atom. The van der Waals surface area contributed by atoms with Gasteiger partial charge in [0.15, 0.2) is 5.13 Å². The molecular formula is C20H20N2OS2. The molecule has 3 rings (SSSR count). The van der Waals surface area contributed by atoms with E-state index in [0.29, 0.717) is 10.7 Å². The Kier molecular flexibility index (Phi) is 5.25. The highest BCUT2D eigenvalue weighted by molar-refractivity contribution is 7.98. The quantitative estimate of drug-likeness (QED) is 0.600. The number of carbonyl (C=O) groups is 1. The number of aromatic nitrogens is 1. The summed E-state index contributed by atoms with van der Waals surface area (Å²) in [6.45, 7) is 6.29. The molecule has 5 heteroatoms. The fraction of sp³-hybridized carbons (Fsp3) is 0.200. The van der Waals surface area contributed by atoms with E-state index in [2.05, 4.69) is 43.2 Å². The van der Waals surface area contributed by atoms with Gasteiger partial charge in [-0.1, -0.05) is 29.8 Å². The van der Waals surface area contributed by atoms with Crippen molar-refractivity contribution in [3.8, 4) is 11.3 Å². The molecule has 0 fully saturated rings. The van der Waals surface area contributed by atoms with Crippen LogP contribution < -0.4 is 5.32 Å². The Morgan fingerprint density at radius 2 is 1.80 bits per heavy atom. The number of nitrogens with zero attached hydrogens (tertiary/aromatic N) is 1. The average molecular weight is 369 g/mol. The second-order valence-corrected chi connectivity index (χ2v) is 7.67. The van der Waals surface area contributed by atoms with Gasteiger partial charge in [0.25, 0.3) is 5.91 Å². The average Bonchev–Trinajstić information content (AvgIpc) is 3.01. The summed E-state index contributed by atoms with van der Waals surface area (Å²) < 4.78 is 0. The largest absolute Gasteiger partial charge is 0.298 e. The number of benzene rings is 2. The molecule has 0 saturated heterocycles. The van der Waals surface area contributed by atoms with Crippen LogP contribution in [-0.4, -0.2) is 17.1 Å². The third kappa shape index (κ3) is 3.78. The van der Waals surface area contributed by atoms with Crippen LogP contribution in [0.15, 0.2) is 46.7 Å². The maximum Gasteiger partial charge on any atom is 0.258 e. The maximum absolute atomic E-state index is 12.6. The topological polar surface area (TPSA) is 42.0 Å². The van der Waals surface area contributed by atoms with E-state index in [9.17, 15) is 4.79 Å². The minimum Gasteiger partial charge on any atom is -0.298 e. The van der Waals surface area contributed by atoms with Crippen LogP contribution in [-0.2, 0) is 0 Å². The van der Waals surface area contributed by atoms with Crippen molar-refractivity contribution in [3.63, 3.8) is 0 Å². The smallest absolute Gasteiger partial charge is 0.258 e. The summed E-state index contributed by atoms with van der Waals surface area (Å²) in [5, 5.41) is 5.55. The van der Waals surface area contributed by atoms with Crippen LogP contribution >= 0.6 is 23.1 Å². The van der Waals surface area contributed by atoms with E-state index in [0.717, 1.165) is 16.2 Å². The molecule has 1 heterocycles. The molecular weight excluding hydrogens is 348 g/mol. The zero-order valence-electron chi connectivity index (χ0n) is 14.7. The summed E-state index contributed by atoms with van der Waals surface area (Å²) in [5.41, 5.74) is 6.38. The fourth-order valence-electron chi connectivity index (χ4n) is 3.03.